The summed E-state index contributed by atoms with van der Waals surface area (Å²) in [5.41, 5.74) is 1.61. The highest BCUT2D eigenvalue weighted by molar-refractivity contribution is 7.96. The molecule has 0 bridgehead atoms. The van der Waals surface area contributed by atoms with Crippen LogP contribution in [0.4, 0.5) is 5.82 Å². The van der Waals surface area contributed by atoms with E-state index >= 15 is 0 Å². The van der Waals surface area contributed by atoms with E-state index in [2.05, 4.69) is 38.7 Å². The number of ether oxygens (including phenoxy) is 2. The normalized spacial score (nSPS) is 14.1. The molecule has 0 fully saturated rings. The number of aromatic nitrogens is 4. The average Bonchev–Trinajstić information content (AvgIpc) is 3.42. The molecule has 3 aromatic rings. The minimum Gasteiger partial charge on any atom is -0.462 e. The molecular formula is C29H46N7O5PS. The van der Waals surface area contributed by atoms with Crippen LogP contribution in [0.15, 0.2) is 36.9 Å². The van der Waals surface area contributed by atoms with Crippen LogP contribution in [0.1, 0.15) is 66.5 Å². The van der Waals surface area contributed by atoms with Crippen LogP contribution in [-0.2, 0) is 25.2 Å². The molecule has 0 amide bonds. The Balaban J connectivity index is 1.74. The number of anilines is 1. The van der Waals surface area contributed by atoms with Gasteiger partial charge in [0.1, 0.15) is 17.6 Å². The topological polar surface area (TPSA) is 125 Å². The summed E-state index contributed by atoms with van der Waals surface area (Å²) in [4.78, 5) is 29.7. The van der Waals surface area contributed by atoms with Gasteiger partial charge >= 0.3 is 14.5 Å². The summed E-state index contributed by atoms with van der Waals surface area (Å²) >= 11 is 1.49. The van der Waals surface area contributed by atoms with E-state index in [9.17, 15) is 4.79 Å². The standard InChI is InChI=1S/C29H46N7O5PS/c1-10-22-12-14-23(15-13-22)41-42(33-29(6,7)28(37)40-20(3)4)39-17-24(38-8)16-21(5)35-19-32-25-26(35)30-18-31-27(25)36(11-2)34-43-9/h12-15,18-21,24,33-34H,10-11,16-17H2,1-9H3. The van der Waals surface area contributed by atoms with Gasteiger partial charge < -0.3 is 23.1 Å². The van der Waals surface area contributed by atoms with E-state index < -0.39 is 14.1 Å². The summed E-state index contributed by atoms with van der Waals surface area (Å²) in [6, 6.07) is 7.83. The number of benzene rings is 1. The van der Waals surface area contributed by atoms with E-state index in [1.807, 2.05) is 60.9 Å². The van der Waals surface area contributed by atoms with Gasteiger partial charge in [-0.2, -0.15) is 4.83 Å². The molecule has 0 aliphatic heterocycles. The first-order valence-electron chi connectivity index (χ1n) is 14.5. The molecule has 0 aliphatic rings. The smallest absolute Gasteiger partial charge is 0.326 e. The molecule has 0 spiro atoms. The molecule has 2 aromatic heterocycles. The maximum Gasteiger partial charge on any atom is 0.326 e. The van der Waals surface area contributed by atoms with E-state index in [4.69, 9.17) is 18.5 Å². The largest absolute Gasteiger partial charge is 0.462 e. The van der Waals surface area contributed by atoms with Crippen LogP contribution >= 0.6 is 20.5 Å². The van der Waals surface area contributed by atoms with E-state index in [1.165, 1.54) is 17.5 Å². The number of hydrogen-bond acceptors (Lipinski definition) is 12. The first-order chi connectivity index (χ1) is 20.5. The molecule has 0 radical (unpaired) electrons. The fourth-order valence-corrected chi connectivity index (χ4v) is 5.96. The van der Waals surface area contributed by atoms with Gasteiger partial charge in [-0.3, -0.25) is 9.80 Å². The number of esters is 1. The zero-order valence-corrected chi connectivity index (χ0v) is 28.4. The molecule has 14 heteroatoms. The average molecular weight is 636 g/mol. The number of carbonyl (C=O) groups excluding carboxylic acids is 1. The Morgan fingerprint density at radius 3 is 2.47 bits per heavy atom. The van der Waals surface area contributed by atoms with Crippen molar-refractivity contribution in [1.82, 2.24) is 29.4 Å². The van der Waals surface area contributed by atoms with Gasteiger partial charge in [0.2, 0.25) is 0 Å². The van der Waals surface area contributed by atoms with Crippen molar-refractivity contribution in [3.05, 3.63) is 42.5 Å². The first kappa shape index (κ1) is 34.9. The highest BCUT2D eigenvalue weighted by atomic mass is 32.2. The Labute approximate surface area is 260 Å². The maximum absolute atomic E-state index is 12.8. The van der Waals surface area contributed by atoms with Gasteiger partial charge in [0.15, 0.2) is 17.0 Å². The van der Waals surface area contributed by atoms with Crippen LogP contribution in [0, 0.1) is 0 Å². The number of aryl methyl sites for hydroxylation is 1. The minimum absolute atomic E-state index is 0.0101. The number of imidazole rings is 1. The van der Waals surface area contributed by atoms with Crippen LogP contribution in [0.3, 0.4) is 0 Å². The van der Waals surface area contributed by atoms with Gasteiger partial charge in [0.05, 0.1) is 25.1 Å². The Morgan fingerprint density at radius 1 is 1.14 bits per heavy atom. The zero-order chi connectivity index (χ0) is 31.6. The Hall–Kier alpha value is -2.54. The predicted octanol–water partition coefficient (Wildman–Crippen LogP) is 5.61. The van der Waals surface area contributed by atoms with E-state index in [1.54, 1.807) is 33.6 Å². The highest BCUT2D eigenvalue weighted by Gasteiger charge is 2.35. The van der Waals surface area contributed by atoms with E-state index in [0.29, 0.717) is 24.2 Å². The van der Waals surface area contributed by atoms with Crippen molar-refractivity contribution in [2.24, 2.45) is 0 Å². The predicted molar refractivity (Wildman–Crippen MR) is 173 cm³/mol. The monoisotopic (exact) mass is 635 g/mol. The number of carbonyl (C=O) groups is 1. The fourth-order valence-electron chi connectivity index (χ4n) is 4.20. The van der Waals surface area contributed by atoms with Crippen molar-refractivity contribution in [2.75, 3.05) is 31.5 Å². The molecule has 3 rings (SSSR count). The van der Waals surface area contributed by atoms with Crippen molar-refractivity contribution in [3.63, 3.8) is 0 Å². The molecular weight excluding hydrogens is 589 g/mol. The number of nitrogens with one attached hydrogen (secondary N) is 2. The molecule has 2 heterocycles. The molecule has 0 aliphatic carbocycles. The summed E-state index contributed by atoms with van der Waals surface area (Å²) in [6.45, 7) is 14.3. The quantitative estimate of drug-likeness (QED) is 0.0782. The van der Waals surface area contributed by atoms with Gasteiger partial charge in [-0.1, -0.05) is 31.0 Å². The van der Waals surface area contributed by atoms with Crippen LogP contribution in [0.5, 0.6) is 5.75 Å². The zero-order valence-electron chi connectivity index (χ0n) is 26.7. The van der Waals surface area contributed by atoms with Gasteiger partial charge in [-0.25, -0.2) is 20.0 Å². The third kappa shape index (κ3) is 9.72. The number of hydrogen-bond donors (Lipinski definition) is 2. The number of fused-ring (bicyclic) bond motifs is 1. The highest BCUT2D eigenvalue weighted by Crippen LogP contribution is 2.39. The molecule has 2 N–H and O–H groups in total. The van der Waals surface area contributed by atoms with Crippen LogP contribution in [0.2, 0.25) is 0 Å². The molecule has 12 nitrogen and oxygen atoms in total. The Kier molecular flexibility index (Phi) is 13.4. The first-order valence-corrected chi connectivity index (χ1v) is 16.9. The fraction of sp³-hybridized carbons (Fsp3) is 0.586. The Morgan fingerprint density at radius 2 is 1.86 bits per heavy atom. The second kappa shape index (κ2) is 16.5. The van der Waals surface area contributed by atoms with Crippen molar-refractivity contribution in [3.8, 4) is 5.75 Å². The van der Waals surface area contributed by atoms with E-state index in [-0.39, 0.29) is 30.8 Å². The lowest BCUT2D eigenvalue weighted by atomic mass is 10.1. The number of nitrogens with zero attached hydrogens (tertiary/aromatic N) is 5. The molecule has 238 valence electrons. The Bertz CT molecular complexity index is 1290. The molecule has 3 unspecified atom stereocenters. The van der Waals surface area contributed by atoms with Gasteiger partial charge in [-0.15, -0.1) is 0 Å². The molecule has 1 aromatic carbocycles. The lowest BCUT2D eigenvalue weighted by molar-refractivity contribution is -0.153. The van der Waals surface area contributed by atoms with Crippen molar-refractivity contribution < 1.29 is 23.3 Å². The molecule has 0 saturated carbocycles. The van der Waals surface area contributed by atoms with Crippen LogP contribution in [-0.4, -0.2) is 69.8 Å². The number of rotatable bonds is 18. The second-order valence-corrected chi connectivity index (χ2v) is 12.6. The SMILES string of the molecule is CCc1ccc(OP(NC(C)(C)C(=O)OC(C)C)OCC(CC(C)n2cnc3c(N(CC)NSC)ncnc32)OC)cc1. The number of methoxy groups -OCH3 is 1. The second-order valence-electron chi connectivity index (χ2n) is 10.8. The third-order valence-corrected chi connectivity index (χ3v) is 8.55. The van der Waals surface area contributed by atoms with Crippen molar-refractivity contribution in [1.29, 1.82) is 0 Å². The van der Waals surface area contributed by atoms with Gasteiger partial charge in [0.25, 0.3) is 0 Å². The molecule has 0 saturated heterocycles. The summed E-state index contributed by atoms with van der Waals surface area (Å²) in [7, 11) is -0.0783. The lowest BCUT2D eigenvalue weighted by Gasteiger charge is -2.30. The van der Waals surface area contributed by atoms with Crippen molar-refractivity contribution in [2.45, 2.75) is 85.1 Å². The summed E-state index contributed by atoms with van der Waals surface area (Å²) in [6.07, 6.45) is 6.33. The van der Waals surface area contributed by atoms with Gasteiger partial charge in [-0.05, 0) is 78.3 Å². The lowest BCUT2D eigenvalue weighted by Crippen LogP contribution is -2.46. The molecule has 43 heavy (non-hydrogen) atoms. The number of hydrazine groups is 1. The molecule has 3 atom stereocenters. The minimum atomic E-state index is -1.74. The summed E-state index contributed by atoms with van der Waals surface area (Å²) in [5, 5.41) is 5.18. The van der Waals surface area contributed by atoms with Gasteiger partial charge in [0, 0.05) is 19.7 Å². The van der Waals surface area contributed by atoms with Crippen LogP contribution < -0.4 is 19.5 Å². The third-order valence-electron chi connectivity index (χ3n) is 6.65. The van der Waals surface area contributed by atoms with Crippen molar-refractivity contribution >= 4 is 43.4 Å². The van der Waals surface area contributed by atoms with Crippen LogP contribution in [0.25, 0.3) is 11.2 Å². The summed E-state index contributed by atoms with van der Waals surface area (Å²) in [5.74, 6) is 0.977. The maximum atomic E-state index is 12.8. The summed E-state index contributed by atoms with van der Waals surface area (Å²) < 4.78 is 25.8. The van der Waals surface area contributed by atoms with E-state index in [0.717, 1.165) is 17.9 Å².